The molecule has 0 spiro atoms. The van der Waals surface area contributed by atoms with Gasteiger partial charge in [-0.1, -0.05) is 221 Å². The van der Waals surface area contributed by atoms with Crippen LogP contribution < -0.4 is 5.32 Å². The maximum absolute atomic E-state index is 12.9. The van der Waals surface area contributed by atoms with Gasteiger partial charge in [-0.3, -0.25) is 13.8 Å². The van der Waals surface area contributed by atoms with Crippen LogP contribution in [-0.2, 0) is 18.4 Å². The fourth-order valence-electron chi connectivity index (χ4n) is 7.22. The number of aliphatic hydroxyl groups is 1. The van der Waals surface area contributed by atoms with Crippen molar-refractivity contribution in [3.05, 3.63) is 85.1 Å². The molecule has 1 amide bonds. The molecule has 3 unspecified atom stereocenters. The summed E-state index contributed by atoms with van der Waals surface area (Å²) >= 11 is 0. The fraction of sp³-hybridized carbons (Fsp3) is 0.732. The molecule has 0 aliphatic heterocycles. The monoisotopic (exact) mass is 930 g/mol. The molecule has 0 bridgehead atoms. The Balaban J connectivity index is 3.94. The van der Waals surface area contributed by atoms with E-state index in [-0.39, 0.29) is 19.1 Å². The summed E-state index contributed by atoms with van der Waals surface area (Å²) in [7, 11) is 1.56. The van der Waals surface area contributed by atoms with Gasteiger partial charge in [0.25, 0.3) is 0 Å². The number of allylic oxidation sites excluding steroid dienone is 13. The second-order valence-electron chi connectivity index (χ2n) is 18.9. The summed E-state index contributed by atoms with van der Waals surface area (Å²) in [5.74, 6) is -0.183. The van der Waals surface area contributed by atoms with Crippen molar-refractivity contribution in [3.8, 4) is 0 Å². The zero-order valence-corrected chi connectivity index (χ0v) is 43.6. The summed E-state index contributed by atoms with van der Waals surface area (Å²) in [5, 5.41) is 13.8. The first-order valence-electron chi connectivity index (χ1n) is 26.5. The van der Waals surface area contributed by atoms with Gasteiger partial charge in [0.2, 0.25) is 5.91 Å². The Morgan fingerprint density at radius 1 is 0.538 bits per heavy atom. The van der Waals surface area contributed by atoms with Crippen molar-refractivity contribution < 1.29 is 32.9 Å². The Labute approximate surface area is 401 Å². The first-order valence-corrected chi connectivity index (χ1v) is 28.0. The SMILES string of the molecule is CC/C=C\C/C=C\C/C=C\C/C=C\C/C=C\C/C=C\CCCCCCCCCCCCCCCCCCC(=O)NC(COP(=O)(O)OCC[N+](C)(C)C)C(O)/C=C/CCCCCCCC. The molecule has 0 fully saturated rings. The number of hydrogen-bond acceptors (Lipinski definition) is 5. The van der Waals surface area contributed by atoms with E-state index < -0.39 is 20.0 Å². The van der Waals surface area contributed by atoms with Crippen LogP contribution in [0.15, 0.2) is 85.1 Å². The molecule has 0 rings (SSSR count). The molecule has 3 atom stereocenters. The van der Waals surface area contributed by atoms with Crippen molar-refractivity contribution in [3.63, 3.8) is 0 Å². The molecule has 0 aromatic carbocycles. The largest absolute Gasteiger partial charge is 0.472 e. The Kier molecular flexibility index (Phi) is 45.1. The number of aliphatic hydroxyl groups excluding tert-OH is 1. The number of unbranched alkanes of at least 4 members (excludes halogenated alkanes) is 22. The van der Waals surface area contributed by atoms with E-state index in [9.17, 15) is 19.4 Å². The van der Waals surface area contributed by atoms with Crippen LogP contribution in [0.4, 0.5) is 0 Å². The molecule has 376 valence electrons. The number of rotatable bonds is 47. The minimum atomic E-state index is -4.33. The van der Waals surface area contributed by atoms with Crippen LogP contribution in [0.2, 0.25) is 0 Å². The van der Waals surface area contributed by atoms with Gasteiger partial charge >= 0.3 is 7.82 Å². The Morgan fingerprint density at radius 2 is 0.923 bits per heavy atom. The molecule has 0 saturated carbocycles. The van der Waals surface area contributed by atoms with Gasteiger partial charge in [0, 0.05) is 6.42 Å². The number of nitrogens with one attached hydrogen (secondary N) is 1. The van der Waals surface area contributed by atoms with E-state index in [0.717, 1.165) is 77.0 Å². The van der Waals surface area contributed by atoms with E-state index in [0.29, 0.717) is 17.4 Å². The number of nitrogens with zero attached hydrogens (tertiary/aromatic N) is 1. The Bertz CT molecular complexity index is 1330. The Hall–Kier alpha value is -2.32. The van der Waals surface area contributed by atoms with Gasteiger partial charge in [0.1, 0.15) is 13.2 Å². The molecule has 8 nitrogen and oxygen atoms in total. The predicted molar refractivity (Wildman–Crippen MR) is 281 cm³/mol. The first kappa shape index (κ1) is 62.7. The highest BCUT2D eigenvalue weighted by atomic mass is 31.2. The van der Waals surface area contributed by atoms with Gasteiger partial charge in [-0.2, -0.15) is 0 Å². The van der Waals surface area contributed by atoms with Crippen molar-refractivity contribution in [2.75, 3.05) is 40.9 Å². The van der Waals surface area contributed by atoms with Crippen molar-refractivity contribution >= 4 is 13.7 Å². The number of phosphoric acid groups is 1. The van der Waals surface area contributed by atoms with E-state index in [2.05, 4.69) is 92.1 Å². The second-order valence-corrected chi connectivity index (χ2v) is 20.3. The van der Waals surface area contributed by atoms with E-state index in [1.54, 1.807) is 6.08 Å². The van der Waals surface area contributed by atoms with Gasteiger partial charge < -0.3 is 19.8 Å². The smallest absolute Gasteiger partial charge is 0.387 e. The average Bonchev–Trinajstić information content (AvgIpc) is 3.26. The van der Waals surface area contributed by atoms with Crippen LogP contribution in [0.25, 0.3) is 0 Å². The maximum atomic E-state index is 12.9. The molecule has 0 aromatic rings. The maximum Gasteiger partial charge on any atom is 0.472 e. The van der Waals surface area contributed by atoms with Crippen LogP contribution in [-0.4, -0.2) is 73.4 Å². The zero-order valence-electron chi connectivity index (χ0n) is 42.7. The number of likely N-dealkylation sites (N-methyl/N-ethyl adjacent to an activating group) is 1. The number of quaternary nitrogens is 1. The molecule has 0 aliphatic rings. The van der Waals surface area contributed by atoms with Gasteiger partial charge in [-0.15, -0.1) is 0 Å². The van der Waals surface area contributed by atoms with Gasteiger partial charge in [0.15, 0.2) is 0 Å². The molecule has 0 heterocycles. The second kappa shape index (κ2) is 46.8. The summed E-state index contributed by atoms with van der Waals surface area (Å²) in [6, 6.07) is -0.846. The van der Waals surface area contributed by atoms with Crippen molar-refractivity contribution in [1.29, 1.82) is 0 Å². The van der Waals surface area contributed by atoms with Crippen molar-refractivity contribution in [1.82, 2.24) is 5.32 Å². The van der Waals surface area contributed by atoms with Crippen molar-refractivity contribution in [2.24, 2.45) is 0 Å². The lowest BCUT2D eigenvalue weighted by Gasteiger charge is -2.25. The minimum Gasteiger partial charge on any atom is -0.387 e. The molecule has 0 radical (unpaired) electrons. The van der Waals surface area contributed by atoms with E-state index in [1.165, 1.54) is 116 Å². The molecule has 9 heteroatoms. The molecule has 0 saturated heterocycles. The van der Waals surface area contributed by atoms with Crippen LogP contribution in [0.3, 0.4) is 0 Å². The number of hydrogen-bond donors (Lipinski definition) is 3. The summed E-state index contributed by atoms with van der Waals surface area (Å²) in [5.41, 5.74) is 0. The third kappa shape index (κ3) is 49.4. The number of amides is 1. The predicted octanol–water partition coefficient (Wildman–Crippen LogP) is 15.7. The highest BCUT2D eigenvalue weighted by Crippen LogP contribution is 2.43. The Morgan fingerprint density at radius 3 is 1.35 bits per heavy atom. The summed E-state index contributed by atoms with van der Waals surface area (Å²) in [6.45, 7) is 4.65. The van der Waals surface area contributed by atoms with Crippen LogP contribution >= 0.6 is 7.82 Å². The lowest BCUT2D eigenvalue weighted by atomic mass is 10.0. The molecular weight excluding hydrogens is 828 g/mol. The normalized spacial score (nSPS) is 14.8. The standard InChI is InChI=1S/C56H101N2O6P/c1-6-8-10-12-14-16-17-18-19-20-21-22-23-24-25-26-27-28-29-30-31-32-33-34-35-36-37-38-39-40-41-42-44-46-48-50-56(60)57-54(53-64-65(61,62)63-52-51-58(3,4)5)55(59)49-47-45-43-15-13-11-9-7-2/h8,10,14,16,18-19,21-22,24-25,27-28,47,49,54-55,59H,6-7,9,11-13,15,17,20,23,26,29-46,48,50-53H2,1-5H3,(H-,57,60,61,62)/p+1/b10-8-,16-14-,19-18-,22-21-,25-24-,28-27-,49-47+. The third-order valence-corrected chi connectivity index (χ3v) is 12.4. The van der Waals surface area contributed by atoms with Gasteiger partial charge in [-0.05, 0) is 70.6 Å². The highest BCUT2D eigenvalue weighted by molar-refractivity contribution is 7.47. The lowest BCUT2D eigenvalue weighted by Crippen LogP contribution is -2.45. The zero-order chi connectivity index (χ0) is 47.8. The van der Waals surface area contributed by atoms with Gasteiger partial charge in [-0.25, -0.2) is 4.57 Å². The third-order valence-electron chi connectivity index (χ3n) is 11.4. The van der Waals surface area contributed by atoms with Gasteiger partial charge in [0.05, 0.1) is 39.9 Å². The van der Waals surface area contributed by atoms with E-state index >= 15 is 0 Å². The molecule has 0 aromatic heterocycles. The van der Waals surface area contributed by atoms with E-state index in [4.69, 9.17) is 9.05 Å². The van der Waals surface area contributed by atoms with E-state index in [1.807, 2.05) is 27.2 Å². The highest BCUT2D eigenvalue weighted by Gasteiger charge is 2.27. The summed E-state index contributed by atoms with van der Waals surface area (Å²) in [4.78, 5) is 23.1. The minimum absolute atomic E-state index is 0.0590. The molecule has 65 heavy (non-hydrogen) atoms. The summed E-state index contributed by atoms with van der Waals surface area (Å²) < 4.78 is 23.5. The quantitative estimate of drug-likeness (QED) is 0.0243. The van der Waals surface area contributed by atoms with Crippen LogP contribution in [0.5, 0.6) is 0 Å². The summed E-state index contributed by atoms with van der Waals surface area (Å²) in [6.07, 6.45) is 65.6. The first-order chi connectivity index (χ1) is 31.5. The average molecular weight is 930 g/mol. The fourth-order valence-corrected chi connectivity index (χ4v) is 7.96. The van der Waals surface area contributed by atoms with Crippen molar-refractivity contribution in [2.45, 2.75) is 225 Å². The number of phosphoric ester groups is 1. The lowest BCUT2D eigenvalue weighted by molar-refractivity contribution is -0.870. The van der Waals surface area contributed by atoms with Crippen LogP contribution in [0, 0.1) is 0 Å². The number of carbonyl (C=O) groups excluding carboxylic acids is 1. The molecule has 3 N–H and O–H groups in total. The van der Waals surface area contributed by atoms with Crippen LogP contribution in [0.1, 0.15) is 213 Å². The molecular formula is C56H102N2O6P+. The molecule has 0 aliphatic carbocycles. The topological polar surface area (TPSA) is 105 Å². The number of carbonyl (C=O) groups is 1.